The smallest absolute Gasteiger partial charge is 0.227 e. The molecule has 1 fully saturated rings. The largest absolute Gasteiger partial charge is 0.497 e. The number of hydrogen-bond acceptors (Lipinski definition) is 9. The minimum atomic E-state index is -3.84. The number of benzene rings is 2. The van der Waals surface area contributed by atoms with Crippen LogP contribution in [-0.2, 0) is 9.84 Å². The first kappa shape index (κ1) is 21.7. The van der Waals surface area contributed by atoms with Gasteiger partial charge < -0.3 is 25.0 Å². The van der Waals surface area contributed by atoms with Crippen LogP contribution in [0.2, 0.25) is 0 Å². The highest BCUT2D eigenvalue weighted by atomic mass is 32.2. The summed E-state index contributed by atoms with van der Waals surface area (Å²) in [5, 5.41) is 0. The fourth-order valence-corrected chi connectivity index (χ4v) is 4.83. The molecule has 0 atom stereocenters. The highest BCUT2D eigenvalue weighted by Gasteiger charge is 2.25. The molecule has 0 radical (unpaired) electrons. The zero-order chi connectivity index (χ0) is 22.7. The van der Waals surface area contributed by atoms with Crippen molar-refractivity contribution < 1.29 is 17.9 Å². The average molecular weight is 456 g/mol. The normalized spacial score (nSPS) is 14.3. The molecule has 2 aromatic carbocycles. The highest BCUT2D eigenvalue weighted by molar-refractivity contribution is 7.91. The quantitative estimate of drug-likeness (QED) is 0.598. The van der Waals surface area contributed by atoms with E-state index in [2.05, 4.69) is 14.9 Å². The van der Waals surface area contributed by atoms with E-state index in [0.717, 1.165) is 24.5 Å². The molecule has 168 valence electrons. The summed E-state index contributed by atoms with van der Waals surface area (Å²) < 4.78 is 36.2. The van der Waals surface area contributed by atoms with Crippen molar-refractivity contribution >= 4 is 27.3 Å². The van der Waals surface area contributed by atoms with Crippen molar-refractivity contribution in [2.75, 3.05) is 55.9 Å². The van der Waals surface area contributed by atoms with E-state index in [-0.39, 0.29) is 15.6 Å². The molecule has 0 bridgehead atoms. The van der Waals surface area contributed by atoms with E-state index in [1.54, 1.807) is 19.2 Å². The molecule has 10 heteroatoms. The number of sulfone groups is 1. The zero-order valence-electron chi connectivity index (χ0n) is 17.9. The van der Waals surface area contributed by atoms with E-state index < -0.39 is 9.84 Å². The number of aromatic nitrogens is 2. The fourth-order valence-electron chi connectivity index (χ4n) is 3.57. The molecular weight excluding hydrogens is 430 g/mol. The summed E-state index contributed by atoms with van der Waals surface area (Å²) in [6, 6.07) is 14.0. The van der Waals surface area contributed by atoms with Gasteiger partial charge in [0.15, 0.2) is 0 Å². The van der Waals surface area contributed by atoms with Crippen molar-refractivity contribution in [2.45, 2.75) is 9.79 Å². The lowest BCUT2D eigenvalue weighted by atomic mass is 10.2. The molecule has 32 heavy (non-hydrogen) atoms. The third-order valence-corrected chi connectivity index (χ3v) is 7.22. The summed E-state index contributed by atoms with van der Waals surface area (Å²) in [5.41, 5.74) is 7.17. The summed E-state index contributed by atoms with van der Waals surface area (Å²) in [6.45, 7) is 2.94. The van der Waals surface area contributed by atoms with Gasteiger partial charge in [0.1, 0.15) is 22.2 Å². The van der Waals surface area contributed by atoms with Gasteiger partial charge >= 0.3 is 0 Å². The number of nitrogens with two attached hydrogens (primary N) is 1. The van der Waals surface area contributed by atoms with Crippen LogP contribution in [0.4, 0.5) is 17.5 Å². The average Bonchev–Trinajstić information content (AvgIpc) is 2.84. The summed E-state index contributed by atoms with van der Waals surface area (Å²) in [6.07, 6.45) is 1.28. The van der Waals surface area contributed by atoms with Crippen molar-refractivity contribution in [3.8, 4) is 11.5 Å². The number of ether oxygens (including phenoxy) is 2. The van der Waals surface area contributed by atoms with Gasteiger partial charge in [-0.1, -0.05) is 0 Å². The molecule has 2 N–H and O–H groups in total. The second kappa shape index (κ2) is 8.91. The van der Waals surface area contributed by atoms with Crippen LogP contribution in [0.3, 0.4) is 0 Å². The number of anilines is 3. The maximum Gasteiger partial charge on any atom is 0.227 e. The van der Waals surface area contributed by atoms with Gasteiger partial charge in [-0.05, 0) is 48.5 Å². The van der Waals surface area contributed by atoms with E-state index >= 15 is 0 Å². The molecule has 9 nitrogen and oxygen atoms in total. The molecule has 3 aromatic rings. The van der Waals surface area contributed by atoms with Crippen molar-refractivity contribution in [3.63, 3.8) is 0 Å². The molecule has 1 saturated heterocycles. The summed E-state index contributed by atoms with van der Waals surface area (Å²) >= 11 is 0. The van der Waals surface area contributed by atoms with Gasteiger partial charge in [-0.3, -0.25) is 0 Å². The molecule has 0 spiro atoms. The Kier molecular flexibility index (Phi) is 6.04. The van der Waals surface area contributed by atoms with Gasteiger partial charge in [-0.15, -0.1) is 0 Å². The van der Waals surface area contributed by atoms with Crippen LogP contribution >= 0.6 is 0 Å². The summed E-state index contributed by atoms with van der Waals surface area (Å²) in [5.74, 6) is 1.74. The first-order valence-corrected chi connectivity index (χ1v) is 11.6. The predicted molar refractivity (Wildman–Crippen MR) is 122 cm³/mol. The third-order valence-electron chi connectivity index (χ3n) is 5.43. The number of nitrogens with zero attached hydrogens (tertiary/aromatic N) is 4. The second-order valence-electron chi connectivity index (χ2n) is 7.27. The van der Waals surface area contributed by atoms with Gasteiger partial charge in [-0.2, -0.15) is 4.98 Å². The van der Waals surface area contributed by atoms with Crippen LogP contribution in [0, 0.1) is 0 Å². The number of nitrogen functional groups attached to an aromatic ring is 1. The third kappa shape index (κ3) is 4.26. The van der Waals surface area contributed by atoms with Crippen molar-refractivity contribution in [1.82, 2.24) is 9.97 Å². The minimum absolute atomic E-state index is 0.0663. The second-order valence-corrected chi connectivity index (χ2v) is 9.19. The van der Waals surface area contributed by atoms with Gasteiger partial charge in [0.2, 0.25) is 15.8 Å². The van der Waals surface area contributed by atoms with Crippen LogP contribution in [0.1, 0.15) is 0 Å². The van der Waals surface area contributed by atoms with Crippen molar-refractivity contribution in [2.24, 2.45) is 0 Å². The number of methoxy groups -OCH3 is 2. The van der Waals surface area contributed by atoms with E-state index in [4.69, 9.17) is 15.2 Å². The molecular formula is C22H25N5O4S. The Morgan fingerprint density at radius 1 is 0.844 bits per heavy atom. The Morgan fingerprint density at radius 2 is 1.38 bits per heavy atom. The lowest BCUT2D eigenvalue weighted by Gasteiger charge is -2.36. The van der Waals surface area contributed by atoms with Crippen molar-refractivity contribution in [3.05, 3.63) is 54.7 Å². The lowest BCUT2D eigenvalue weighted by Crippen LogP contribution is -2.47. The lowest BCUT2D eigenvalue weighted by molar-refractivity contribution is 0.414. The maximum absolute atomic E-state index is 13.0. The van der Waals surface area contributed by atoms with Gasteiger partial charge in [0.05, 0.1) is 25.3 Å². The van der Waals surface area contributed by atoms with E-state index in [1.807, 2.05) is 29.2 Å². The highest BCUT2D eigenvalue weighted by Crippen LogP contribution is 2.27. The Labute approximate surface area is 187 Å². The number of hydrogen-bond donors (Lipinski definition) is 1. The molecule has 1 aliphatic heterocycles. The fraction of sp³-hybridized carbons (Fsp3) is 0.273. The zero-order valence-corrected chi connectivity index (χ0v) is 18.7. The van der Waals surface area contributed by atoms with Gasteiger partial charge in [0, 0.05) is 31.9 Å². The van der Waals surface area contributed by atoms with E-state index in [0.29, 0.717) is 24.8 Å². The molecule has 1 aromatic heterocycles. The van der Waals surface area contributed by atoms with Crippen molar-refractivity contribution in [1.29, 1.82) is 0 Å². The van der Waals surface area contributed by atoms with Crippen LogP contribution in [0.15, 0.2) is 64.5 Å². The monoisotopic (exact) mass is 455 g/mol. The van der Waals surface area contributed by atoms with E-state index in [1.165, 1.54) is 25.4 Å². The SMILES string of the molecule is COc1ccc(N2CCN(c3ncc(S(=O)(=O)c4ccc(OC)cc4)c(N)n3)CC2)cc1. The summed E-state index contributed by atoms with van der Waals surface area (Å²) in [4.78, 5) is 12.9. The molecule has 0 aliphatic carbocycles. The van der Waals surface area contributed by atoms with Crippen LogP contribution in [0.5, 0.6) is 11.5 Å². The van der Waals surface area contributed by atoms with Gasteiger partial charge in [0.25, 0.3) is 0 Å². The van der Waals surface area contributed by atoms with E-state index in [9.17, 15) is 8.42 Å². The van der Waals surface area contributed by atoms with Crippen LogP contribution < -0.4 is 25.0 Å². The first-order valence-electron chi connectivity index (χ1n) is 10.1. The number of rotatable bonds is 6. The van der Waals surface area contributed by atoms with Crippen LogP contribution in [-0.4, -0.2) is 58.8 Å². The first-order chi connectivity index (χ1) is 15.4. The topological polar surface area (TPSA) is 111 Å². The predicted octanol–water partition coefficient (Wildman–Crippen LogP) is 2.24. The standard InChI is InChI=1S/C22H25N5O4S/c1-30-17-5-3-16(4-6-17)26-11-13-27(14-12-26)22-24-15-20(21(23)25-22)32(28,29)19-9-7-18(31-2)8-10-19/h3-10,15H,11-14H2,1-2H3,(H2,23,24,25). The Balaban J connectivity index is 1.47. The maximum atomic E-state index is 13.0. The Bertz CT molecular complexity index is 1180. The number of piperazine rings is 1. The molecule has 4 rings (SSSR count). The molecule has 0 unspecified atom stereocenters. The van der Waals surface area contributed by atoms with Crippen LogP contribution in [0.25, 0.3) is 0 Å². The minimum Gasteiger partial charge on any atom is -0.497 e. The molecule has 0 saturated carbocycles. The van der Waals surface area contributed by atoms with Gasteiger partial charge in [-0.25, -0.2) is 13.4 Å². The molecule has 0 amide bonds. The Morgan fingerprint density at radius 3 is 1.91 bits per heavy atom. The molecule has 1 aliphatic rings. The molecule has 2 heterocycles. The Hall–Kier alpha value is -3.53. The summed E-state index contributed by atoms with van der Waals surface area (Å²) in [7, 11) is -0.671.